The molecule has 0 aliphatic rings. The number of benzene rings is 1. The van der Waals surface area contributed by atoms with Gasteiger partial charge in [0, 0.05) is 15.0 Å². The molecule has 0 unspecified atom stereocenters. The highest BCUT2D eigenvalue weighted by molar-refractivity contribution is 14.1. The summed E-state index contributed by atoms with van der Waals surface area (Å²) in [4.78, 5) is 8.40. The first kappa shape index (κ1) is 12.8. The van der Waals surface area contributed by atoms with Gasteiger partial charge in [0.25, 0.3) is 0 Å². The van der Waals surface area contributed by atoms with Gasteiger partial charge >= 0.3 is 0 Å². The fourth-order valence-electron chi connectivity index (χ4n) is 1.55. The summed E-state index contributed by atoms with van der Waals surface area (Å²) in [7, 11) is 0. The quantitative estimate of drug-likeness (QED) is 0.845. The first-order valence-corrected chi connectivity index (χ1v) is 6.46. The molecule has 0 bridgehead atoms. The van der Waals surface area contributed by atoms with E-state index in [1.165, 1.54) is 3.57 Å². The summed E-state index contributed by atoms with van der Waals surface area (Å²) in [5.74, 6) is 0.455. The Balaban J connectivity index is 2.37. The lowest BCUT2D eigenvalue weighted by molar-refractivity contribution is 1.08. The molecule has 1 N–H and O–H groups in total. The lowest BCUT2D eigenvalue weighted by Crippen LogP contribution is -2.02. The Hall–Kier alpha value is -1.68. The Morgan fingerprint density at radius 1 is 1.28 bits per heavy atom. The smallest absolute Gasteiger partial charge is 0.228 e. The molecule has 5 heteroatoms. The summed E-state index contributed by atoms with van der Waals surface area (Å²) in [6, 6.07) is 9.67. The van der Waals surface area contributed by atoms with Gasteiger partial charge in [-0.1, -0.05) is 6.07 Å². The average molecular weight is 350 g/mol. The minimum absolute atomic E-state index is 0.369. The zero-order valence-electron chi connectivity index (χ0n) is 10.0. The summed E-state index contributed by atoms with van der Waals surface area (Å²) in [6.07, 6.45) is 0. The molecule has 0 fully saturated rings. The van der Waals surface area contributed by atoms with Gasteiger partial charge in [0.2, 0.25) is 5.95 Å². The van der Waals surface area contributed by atoms with Crippen LogP contribution >= 0.6 is 22.6 Å². The summed E-state index contributed by atoms with van der Waals surface area (Å²) in [5, 5.41) is 12.0. The molecule has 18 heavy (non-hydrogen) atoms. The molecule has 0 spiro atoms. The molecule has 0 aliphatic heterocycles. The maximum Gasteiger partial charge on any atom is 0.228 e. The van der Waals surface area contributed by atoms with E-state index in [0.717, 1.165) is 16.9 Å². The largest absolute Gasteiger partial charge is 0.324 e. The standard InChI is InChI=1S/C13H11IN4/c1-8-6-10(7-15)17-13(16-8)18-12-5-3-4-11(14)9(12)2/h3-6H,1-2H3,(H,16,17,18). The predicted octanol–water partition coefficient (Wildman–Crippen LogP) is 3.31. The molecule has 0 atom stereocenters. The molecular weight excluding hydrogens is 339 g/mol. The fourth-order valence-corrected chi connectivity index (χ4v) is 2.04. The SMILES string of the molecule is Cc1cc(C#N)nc(Nc2cccc(I)c2C)n1. The molecule has 90 valence electrons. The lowest BCUT2D eigenvalue weighted by atomic mass is 10.2. The third-order valence-electron chi connectivity index (χ3n) is 2.48. The second kappa shape index (κ2) is 5.31. The molecule has 0 amide bonds. The number of nitriles is 1. The third kappa shape index (κ3) is 2.76. The molecule has 4 nitrogen and oxygen atoms in total. The van der Waals surface area contributed by atoms with E-state index in [1.54, 1.807) is 6.07 Å². The number of halogens is 1. The van der Waals surface area contributed by atoms with E-state index in [-0.39, 0.29) is 0 Å². The van der Waals surface area contributed by atoms with Crippen LogP contribution in [0.25, 0.3) is 0 Å². The van der Waals surface area contributed by atoms with Crippen molar-refractivity contribution < 1.29 is 0 Å². The maximum atomic E-state index is 8.88. The second-order valence-electron chi connectivity index (χ2n) is 3.87. The number of rotatable bonds is 2. The first-order valence-electron chi connectivity index (χ1n) is 5.38. The van der Waals surface area contributed by atoms with Crippen LogP contribution in [0.2, 0.25) is 0 Å². The molecule has 1 heterocycles. The van der Waals surface area contributed by atoms with Crippen molar-refractivity contribution in [3.8, 4) is 6.07 Å². The van der Waals surface area contributed by atoms with Gasteiger partial charge in [-0.05, 0) is 60.2 Å². The minimum atomic E-state index is 0.369. The van der Waals surface area contributed by atoms with E-state index in [1.807, 2.05) is 38.1 Å². The van der Waals surface area contributed by atoms with Crippen LogP contribution < -0.4 is 5.32 Å². The zero-order chi connectivity index (χ0) is 13.1. The third-order valence-corrected chi connectivity index (χ3v) is 3.65. The van der Waals surface area contributed by atoms with Gasteiger partial charge in [-0.15, -0.1) is 0 Å². The number of nitrogens with one attached hydrogen (secondary N) is 1. The van der Waals surface area contributed by atoms with E-state index in [0.29, 0.717) is 11.6 Å². The molecular formula is C13H11IN4. The zero-order valence-corrected chi connectivity index (χ0v) is 12.2. The second-order valence-corrected chi connectivity index (χ2v) is 5.03. The Labute approximate surface area is 119 Å². The van der Waals surface area contributed by atoms with Crippen LogP contribution in [-0.2, 0) is 0 Å². The van der Waals surface area contributed by atoms with Crippen molar-refractivity contribution in [3.63, 3.8) is 0 Å². The Morgan fingerprint density at radius 2 is 2.06 bits per heavy atom. The number of hydrogen-bond donors (Lipinski definition) is 1. The summed E-state index contributed by atoms with van der Waals surface area (Å²) < 4.78 is 1.17. The van der Waals surface area contributed by atoms with Crippen molar-refractivity contribution in [1.82, 2.24) is 9.97 Å². The predicted molar refractivity (Wildman–Crippen MR) is 78.7 cm³/mol. The van der Waals surface area contributed by atoms with Gasteiger partial charge in [-0.3, -0.25) is 0 Å². The van der Waals surface area contributed by atoms with Crippen molar-refractivity contribution in [1.29, 1.82) is 5.26 Å². The summed E-state index contributed by atoms with van der Waals surface area (Å²) in [6.45, 7) is 3.88. The first-order chi connectivity index (χ1) is 8.60. The van der Waals surface area contributed by atoms with Crippen LogP contribution in [0.15, 0.2) is 24.3 Å². The number of anilines is 2. The average Bonchev–Trinajstić information content (AvgIpc) is 2.34. The highest BCUT2D eigenvalue weighted by atomic mass is 127. The van der Waals surface area contributed by atoms with Crippen LogP contribution in [0.4, 0.5) is 11.6 Å². The van der Waals surface area contributed by atoms with E-state index in [4.69, 9.17) is 5.26 Å². The van der Waals surface area contributed by atoms with Gasteiger partial charge in [-0.2, -0.15) is 5.26 Å². The number of aromatic nitrogens is 2. The van der Waals surface area contributed by atoms with E-state index < -0.39 is 0 Å². The Morgan fingerprint density at radius 3 is 2.78 bits per heavy atom. The molecule has 1 aromatic heterocycles. The Bertz CT molecular complexity index is 631. The maximum absolute atomic E-state index is 8.88. The number of nitrogens with zero attached hydrogens (tertiary/aromatic N) is 3. The van der Waals surface area contributed by atoms with Crippen molar-refractivity contribution >= 4 is 34.2 Å². The number of aryl methyl sites for hydroxylation is 1. The monoisotopic (exact) mass is 350 g/mol. The summed E-state index contributed by atoms with van der Waals surface area (Å²) >= 11 is 2.28. The molecule has 0 saturated carbocycles. The Kier molecular flexibility index (Phi) is 3.77. The molecule has 2 aromatic rings. The van der Waals surface area contributed by atoms with E-state index >= 15 is 0 Å². The topological polar surface area (TPSA) is 61.6 Å². The van der Waals surface area contributed by atoms with Gasteiger partial charge in [-0.25, -0.2) is 9.97 Å². The number of hydrogen-bond acceptors (Lipinski definition) is 4. The summed E-state index contributed by atoms with van der Waals surface area (Å²) in [5.41, 5.74) is 3.23. The molecule has 1 aromatic carbocycles. The molecule has 0 aliphatic carbocycles. The van der Waals surface area contributed by atoms with Crippen LogP contribution in [0.3, 0.4) is 0 Å². The minimum Gasteiger partial charge on any atom is -0.324 e. The van der Waals surface area contributed by atoms with E-state index in [9.17, 15) is 0 Å². The highest BCUT2D eigenvalue weighted by Gasteiger charge is 2.05. The van der Waals surface area contributed by atoms with Gasteiger partial charge in [0.05, 0.1) is 0 Å². The van der Waals surface area contributed by atoms with Crippen LogP contribution in [0.1, 0.15) is 17.0 Å². The van der Waals surface area contributed by atoms with Gasteiger partial charge in [0.1, 0.15) is 11.8 Å². The molecule has 2 rings (SSSR count). The highest BCUT2D eigenvalue weighted by Crippen LogP contribution is 2.22. The molecule has 0 saturated heterocycles. The van der Waals surface area contributed by atoms with Crippen LogP contribution in [0, 0.1) is 28.7 Å². The fraction of sp³-hybridized carbons (Fsp3) is 0.154. The molecule has 0 radical (unpaired) electrons. The van der Waals surface area contributed by atoms with Crippen molar-refractivity contribution in [2.24, 2.45) is 0 Å². The van der Waals surface area contributed by atoms with Crippen molar-refractivity contribution in [2.75, 3.05) is 5.32 Å². The van der Waals surface area contributed by atoms with Crippen LogP contribution in [0.5, 0.6) is 0 Å². The normalized spacial score (nSPS) is 9.89. The van der Waals surface area contributed by atoms with Gasteiger partial charge in [0.15, 0.2) is 0 Å². The van der Waals surface area contributed by atoms with E-state index in [2.05, 4.69) is 37.9 Å². The van der Waals surface area contributed by atoms with Crippen molar-refractivity contribution in [3.05, 3.63) is 44.8 Å². The van der Waals surface area contributed by atoms with Gasteiger partial charge < -0.3 is 5.32 Å². The van der Waals surface area contributed by atoms with Crippen molar-refractivity contribution in [2.45, 2.75) is 13.8 Å². The van der Waals surface area contributed by atoms with Crippen LogP contribution in [-0.4, -0.2) is 9.97 Å². The lowest BCUT2D eigenvalue weighted by Gasteiger charge is -2.09.